The van der Waals surface area contributed by atoms with E-state index < -0.39 is 5.02 Å². The molecule has 0 aromatic heterocycles. The predicted octanol–water partition coefficient (Wildman–Crippen LogP) is 7.10. The van der Waals surface area contributed by atoms with Crippen molar-refractivity contribution < 1.29 is 9.53 Å². The minimum atomic E-state index is -1.04. The lowest BCUT2D eigenvalue weighted by Crippen LogP contribution is -2.07. The van der Waals surface area contributed by atoms with E-state index in [1.165, 1.54) is 38.5 Å². The van der Waals surface area contributed by atoms with Gasteiger partial charge in [0.2, 0.25) is 0 Å². The number of unbranched alkanes of at least 4 members (excludes halogenated alkanes) is 8. The van der Waals surface area contributed by atoms with Gasteiger partial charge in [-0.1, -0.05) is 86.5 Å². The Kier molecular flexibility index (Phi) is 17.5. The summed E-state index contributed by atoms with van der Waals surface area (Å²) in [5.41, 5.74) is 0. The maximum atomic E-state index is 11.2. The zero-order chi connectivity index (χ0) is 17.2. The number of esters is 1. The third-order valence-corrected chi connectivity index (χ3v) is 3.73. The van der Waals surface area contributed by atoms with Gasteiger partial charge < -0.3 is 4.74 Å². The minimum absolute atomic E-state index is 0.314. The number of ether oxygens (including phenoxy) is 1. The molecule has 0 atom stereocenters. The zero-order valence-electron chi connectivity index (χ0n) is 14.4. The van der Waals surface area contributed by atoms with Gasteiger partial charge in [-0.05, 0) is 38.5 Å². The second-order valence-electron chi connectivity index (χ2n) is 5.73. The third-order valence-electron chi connectivity index (χ3n) is 3.55. The summed E-state index contributed by atoms with van der Waals surface area (Å²) in [6, 6.07) is 0. The fourth-order valence-electron chi connectivity index (χ4n) is 2.24. The van der Waals surface area contributed by atoms with Gasteiger partial charge in [0.15, 0.2) is 0 Å². The van der Waals surface area contributed by atoms with Crippen molar-refractivity contribution in [3.8, 4) is 0 Å². The fraction of sp³-hybridized carbons (Fsp3) is 0.737. The molecule has 0 rings (SSSR count). The molecule has 0 N–H and O–H groups in total. The highest BCUT2D eigenvalue weighted by atomic mass is 35.5. The monoisotopic (exact) mass is 362 g/mol. The molecule has 0 saturated carbocycles. The molecule has 0 heterocycles. The van der Waals surface area contributed by atoms with Crippen molar-refractivity contribution in [3.63, 3.8) is 0 Å². The van der Waals surface area contributed by atoms with Gasteiger partial charge >= 0.3 is 5.97 Å². The normalized spacial score (nSPS) is 11.8. The number of hydrogen-bond donors (Lipinski definition) is 0. The van der Waals surface area contributed by atoms with Crippen molar-refractivity contribution in [1.82, 2.24) is 0 Å². The van der Waals surface area contributed by atoms with E-state index in [-0.39, 0.29) is 5.97 Å². The molecule has 0 aliphatic rings. The molecule has 0 spiro atoms. The molecule has 0 amide bonds. The Morgan fingerprint density at radius 1 is 0.870 bits per heavy atom. The van der Waals surface area contributed by atoms with Crippen LogP contribution in [0.25, 0.3) is 0 Å². The number of allylic oxidation sites excluding steroid dienone is 4. The van der Waals surface area contributed by atoms with Gasteiger partial charge in [0.1, 0.15) is 0 Å². The van der Waals surface area contributed by atoms with Crippen molar-refractivity contribution in [3.05, 3.63) is 24.3 Å². The molecule has 134 valence electrons. The second-order valence-corrected chi connectivity index (χ2v) is 6.75. The fourth-order valence-corrected chi connectivity index (χ4v) is 2.44. The van der Waals surface area contributed by atoms with Crippen molar-refractivity contribution in [2.45, 2.75) is 89.0 Å². The van der Waals surface area contributed by atoms with Crippen LogP contribution in [-0.2, 0) is 9.53 Å². The average molecular weight is 363 g/mol. The first-order valence-electron chi connectivity index (χ1n) is 8.94. The Morgan fingerprint density at radius 3 is 2.04 bits per heavy atom. The van der Waals surface area contributed by atoms with Gasteiger partial charge in [0.05, 0.1) is 0 Å². The molecule has 0 aliphatic carbocycles. The largest absolute Gasteiger partial charge is 0.431 e. The third kappa shape index (κ3) is 19.5. The summed E-state index contributed by atoms with van der Waals surface area (Å²) in [7, 11) is 0. The Bertz CT molecular complexity index is 325. The first-order chi connectivity index (χ1) is 11.2. The van der Waals surface area contributed by atoms with Crippen LogP contribution in [-0.4, -0.2) is 11.0 Å². The van der Waals surface area contributed by atoms with Crippen LogP contribution in [0.15, 0.2) is 24.3 Å². The van der Waals surface area contributed by atoms with E-state index in [1.54, 1.807) is 0 Å². The van der Waals surface area contributed by atoms with Gasteiger partial charge in [-0.25, -0.2) is 0 Å². The molecule has 0 radical (unpaired) electrons. The van der Waals surface area contributed by atoms with E-state index in [0.717, 1.165) is 32.1 Å². The number of rotatable bonds is 15. The molecule has 0 fully saturated rings. The van der Waals surface area contributed by atoms with Gasteiger partial charge in [0, 0.05) is 6.42 Å². The number of alkyl halides is 2. The highest BCUT2D eigenvalue weighted by molar-refractivity contribution is 6.43. The summed E-state index contributed by atoms with van der Waals surface area (Å²) in [6.45, 7) is 2.23. The van der Waals surface area contributed by atoms with E-state index >= 15 is 0 Å². The first-order valence-corrected chi connectivity index (χ1v) is 9.81. The van der Waals surface area contributed by atoms with E-state index in [2.05, 4.69) is 36.0 Å². The van der Waals surface area contributed by atoms with Crippen LogP contribution in [0.2, 0.25) is 0 Å². The van der Waals surface area contributed by atoms with Crippen LogP contribution in [0, 0.1) is 0 Å². The van der Waals surface area contributed by atoms with Gasteiger partial charge in [-0.15, -0.1) is 0 Å². The van der Waals surface area contributed by atoms with E-state index in [0.29, 0.717) is 6.42 Å². The molecular formula is C19H32Cl2O2. The van der Waals surface area contributed by atoms with Gasteiger partial charge in [0.25, 0.3) is 5.02 Å². The molecule has 23 heavy (non-hydrogen) atoms. The summed E-state index contributed by atoms with van der Waals surface area (Å²) in [6.07, 6.45) is 22.3. The van der Waals surface area contributed by atoms with Crippen molar-refractivity contribution in [2.24, 2.45) is 0 Å². The Labute approximate surface area is 152 Å². The van der Waals surface area contributed by atoms with E-state index in [9.17, 15) is 4.79 Å². The summed E-state index contributed by atoms with van der Waals surface area (Å²) in [5.74, 6) is -0.314. The van der Waals surface area contributed by atoms with Gasteiger partial charge in [-0.3, -0.25) is 4.79 Å². The topological polar surface area (TPSA) is 26.3 Å². The highest BCUT2D eigenvalue weighted by Crippen LogP contribution is 2.10. The maximum absolute atomic E-state index is 11.2. The molecule has 0 saturated heterocycles. The summed E-state index contributed by atoms with van der Waals surface area (Å²) in [5, 5.41) is -1.04. The number of hydrogen-bond acceptors (Lipinski definition) is 2. The summed E-state index contributed by atoms with van der Waals surface area (Å²) >= 11 is 10.7. The van der Waals surface area contributed by atoms with Crippen molar-refractivity contribution in [2.75, 3.05) is 0 Å². The van der Waals surface area contributed by atoms with E-state index in [4.69, 9.17) is 23.2 Å². The molecule has 0 aromatic carbocycles. The van der Waals surface area contributed by atoms with Crippen molar-refractivity contribution in [1.29, 1.82) is 0 Å². The molecule has 0 aromatic rings. The minimum Gasteiger partial charge on any atom is -0.431 e. The highest BCUT2D eigenvalue weighted by Gasteiger charge is 2.06. The quantitative estimate of drug-likeness (QED) is 0.134. The first kappa shape index (κ1) is 22.5. The van der Waals surface area contributed by atoms with Crippen LogP contribution < -0.4 is 0 Å². The predicted molar refractivity (Wildman–Crippen MR) is 101 cm³/mol. The van der Waals surface area contributed by atoms with Crippen LogP contribution in [0.1, 0.15) is 84.0 Å². The lowest BCUT2D eigenvalue weighted by Gasteiger charge is -2.04. The lowest BCUT2D eigenvalue weighted by molar-refractivity contribution is -0.143. The average Bonchev–Trinajstić information content (AvgIpc) is 2.50. The Hall–Kier alpha value is -0.470. The second kappa shape index (κ2) is 17.9. The van der Waals surface area contributed by atoms with Gasteiger partial charge in [-0.2, -0.15) is 0 Å². The number of halogens is 2. The molecular weight excluding hydrogens is 331 g/mol. The summed E-state index contributed by atoms with van der Waals surface area (Å²) in [4.78, 5) is 11.2. The Balaban J connectivity index is 3.26. The smallest absolute Gasteiger partial charge is 0.308 e. The summed E-state index contributed by atoms with van der Waals surface area (Å²) < 4.78 is 4.65. The lowest BCUT2D eigenvalue weighted by atomic mass is 10.1. The van der Waals surface area contributed by atoms with Crippen LogP contribution >= 0.6 is 23.2 Å². The van der Waals surface area contributed by atoms with Crippen LogP contribution in [0.5, 0.6) is 0 Å². The van der Waals surface area contributed by atoms with E-state index in [1.807, 2.05) is 0 Å². The van der Waals surface area contributed by atoms with Crippen LogP contribution in [0.3, 0.4) is 0 Å². The molecule has 2 nitrogen and oxygen atoms in total. The molecule has 4 heteroatoms. The number of carbonyl (C=O) groups is 1. The van der Waals surface area contributed by atoms with Crippen molar-refractivity contribution >= 4 is 29.2 Å². The standard InChI is InChI=1S/C19H32Cl2O2/c1-2-3-4-5-6-7-8-9-10-11-12-13-14-15-16-17-18(22)23-19(20)21/h6-7,9-10,19H,2-5,8,11-17H2,1H3/b7-6-,10-9-. The Morgan fingerprint density at radius 2 is 1.43 bits per heavy atom. The van der Waals surface area contributed by atoms with Crippen LogP contribution in [0.4, 0.5) is 0 Å². The molecule has 0 aliphatic heterocycles. The maximum Gasteiger partial charge on any atom is 0.308 e. The SMILES string of the molecule is CCCCC/C=C\C/C=C\CCCCCCCC(=O)OC(Cl)Cl. The number of carbonyl (C=O) groups excluding carboxylic acids is 1. The zero-order valence-corrected chi connectivity index (χ0v) is 16.0. The molecule has 0 unspecified atom stereocenters. The molecule has 0 bridgehead atoms.